The molecule has 0 heterocycles. The first-order chi connectivity index (χ1) is 2.00. The molecule has 0 aromatic carbocycles. The van der Waals surface area contributed by atoms with Crippen LogP contribution in [0.3, 0.4) is 0 Å². The average molecular weight is 216 g/mol. The summed E-state index contributed by atoms with van der Waals surface area (Å²) < 4.78 is 34.5. The minimum absolute atomic E-state index is 0. The molecule has 0 aliphatic heterocycles. The van der Waals surface area contributed by atoms with Crippen molar-refractivity contribution in [1.82, 2.24) is 0 Å². The van der Waals surface area contributed by atoms with E-state index in [2.05, 4.69) is 0 Å². The van der Waals surface area contributed by atoms with Gasteiger partial charge in [0.1, 0.15) is 20.1 Å². The van der Waals surface area contributed by atoms with Crippen LogP contribution in [-0.4, -0.2) is 5.48 Å². The molecular formula is H2ILiO5. The summed E-state index contributed by atoms with van der Waals surface area (Å²) in [6.45, 7) is 0. The van der Waals surface area contributed by atoms with E-state index < -0.39 is 20.1 Å². The van der Waals surface area contributed by atoms with E-state index in [0.717, 1.165) is 0 Å². The number of hydrogen-bond acceptors (Lipinski definition) is 4. The summed E-state index contributed by atoms with van der Waals surface area (Å²) in [5, 5.41) is 0. The molecule has 7 heavy (non-hydrogen) atoms. The normalized spacial score (nSPS) is 8.57. The molecule has 2 N–H and O–H groups in total. The van der Waals surface area contributed by atoms with Crippen molar-refractivity contribution in [3.8, 4) is 0 Å². The van der Waals surface area contributed by atoms with E-state index in [1.165, 1.54) is 0 Å². The van der Waals surface area contributed by atoms with Crippen molar-refractivity contribution in [2.24, 2.45) is 0 Å². The predicted molar refractivity (Wildman–Crippen MR) is 3.61 cm³/mol. The monoisotopic (exact) mass is 216 g/mol. The smallest absolute Gasteiger partial charge is 0.412 e. The van der Waals surface area contributed by atoms with Gasteiger partial charge >= 0.3 is 18.9 Å². The first-order valence-electron chi connectivity index (χ1n) is 0.617. The molecule has 0 aromatic rings. The number of hydrogen-bond donors (Lipinski definition) is 0. The molecule has 7 heteroatoms. The van der Waals surface area contributed by atoms with E-state index in [1.54, 1.807) is 0 Å². The molecule has 0 saturated carbocycles. The summed E-state index contributed by atoms with van der Waals surface area (Å²) in [4.78, 5) is 0. The molecule has 0 unspecified atom stereocenters. The van der Waals surface area contributed by atoms with Crippen molar-refractivity contribution in [1.29, 1.82) is 0 Å². The summed E-state index contributed by atoms with van der Waals surface area (Å²) >= 11 is -5.94. The topological polar surface area (TPSA) is 124 Å². The van der Waals surface area contributed by atoms with Crippen molar-refractivity contribution in [2.75, 3.05) is 0 Å². The van der Waals surface area contributed by atoms with Gasteiger partial charge in [-0.05, 0) is 0 Å². The second kappa shape index (κ2) is 5.27. The van der Waals surface area contributed by atoms with E-state index in [-0.39, 0.29) is 24.3 Å². The predicted octanol–water partition coefficient (Wildman–Crippen LogP) is -11.6. The SMILES string of the molecule is O.[Li+].[O-][I+3]([O-])([O-])[O-]. The van der Waals surface area contributed by atoms with Gasteiger partial charge in [-0.25, -0.2) is 0 Å². The second-order valence-corrected chi connectivity index (χ2v) is 2.54. The standard InChI is InChI=1S/IO4.Li.H2O/c2-1(3,4)5;;/h;;1H2/q-1;+1;. The van der Waals surface area contributed by atoms with Crippen LogP contribution in [0.4, 0.5) is 0 Å². The fourth-order valence-electron chi connectivity index (χ4n) is 0. The van der Waals surface area contributed by atoms with Crippen molar-refractivity contribution in [3.63, 3.8) is 0 Å². The first-order valence-corrected chi connectivity index (χ1v) is 4.14. The fourth-order valence-corrected chi connectivity index (χ4v) is 0. The Hall–Kier alpha value is 1.13. The van der Waals surface area contributed by atoms with Gasteiger partial charge in [0.2, 0.25) is 0 Å². The molecule has 0 bridgehead atoms. The van der Waals surface area contributed by atoms with Crippen molar-refractivity contribution in [3.05, 3.63) is 0 Å². The van der Waals surface area contributed by atoms with Crippen LogP contribution >= 0.6 is 0 Å². The Labute approximate surface area is 58.2 Å². The van der Waals surface area contributed by atoms with Gasteiger partial charge in [0.15, 0.2) is 0 Å². The molecule has 0 rings (SSSR count). The molecule has 5 nitrogen and oxygen atoms in total. The van der Waals surface area contributed by atoms with Gasteiger partial charge in [-0.15, -0.1) is 0 Å². The average Bonchev–Trinajstić information content (AvgIpc) is 0.722. The van der Waals surface area contributed by atoms with E-state index in [1.807, 2.05) is 0 Å². The second-order valence-electron chi connectivity index (χ2n) is 0.378. The Bertz CT molecular complexity index is 23.6. The summed E-state index contributed by atoms with van der Waals surface area (Å²) in [6.07, 6.45) is 0. The summed E-state index contributed by atoms with van der Waals surface area (Å²) in [6, 6.07) is 0. The summed E-state index contributed by atoms with van der Waals surface area (Å²) in [5.41, 5.74) is 0. The molecule has 0 fully saturated rings. The van der Waals surface area contributed by atoms with Gasteiger partial charge in [0.05, 0.1) is 0 Å². The van der Waals surface area contributed by atoms with Crippen LogP contribution in [0, 0.1) is 0 Å². The summed E-state index contributed by atoms with van der Waals surface area (Å²) in [5.74, 6) is 0. The van der Waals surface area contributed by atoms with E-state index in [0.29, 0.717) is 0 Å². The Morgan fingerprint density at radius 3 is 0.857 bits per heavy atom. The Morgan fingerprint density at radius 2 is 0.857 bits per heavy atom. The maximum absolute atomic E-state index is 8.62. The fraction of sp³-hybridized carbons (Fsp3) is 0. The molecule has 0 spiro atoms. The zero-order valence-corrected chi connectivity index (χ0v) is 5.67. The molecule has 0 atom stereocenters. The van der Waals surface area contributed by atoms with Crippen LogP contribution in [-0.2, 0) is 0 Å². The molecule has 0 aliphatic carbocycles. The van der Waals surface area contributed by atoms with Crippen LogP contribution in [0.2, 0.25) is 0 Å². The van der Waals surface area contributed by atoms with Gasteiger partial charge in [0, 0.05) is 0 Å². The summed E-state index contributed by atoms with van der Waals surface area (Å²) in [7, 11) is 0. The molecule has 0 aromatic heterocycles. The quantitative estimate of drug-likeness (QED) is 0.294. The Morgan fingerprint density at radius 1 is 0.857 bits per heavy atom. The zero-order valence-electron chi connectivity index (χ0n) is 3.51. The molecule has 0 aliphatic rings. The molecule has 0 saturated heterocycles. The van der Waals surface area contributed by atoms with Crippen LogP contribution in [0.25, 0.3) is 0 Å². The van der Waals surface area contributed by atoms with E-state index in [9.17, 15) is 0 Å². The molecular weight excluding hydrogens is 214 g/mol. The van der Waals surface area contributed by atoms with Crippen LogP contribution < -0.4 is 52.7 Å². The van der Waals surface area contributed by atoms with Crippen molar-refractivity contribution in [2.45, 2.75) is 0 Å². The zero-order chi connectivity index (χ0) is 4.50. The maximum Gasteiger partial charge on any atom is 1.00 e. The van der Waals surface area contributed by atoms with Gasteiger partial charge < -0.3 is 5.48 Å². The van der Waals surface area contributed by atoms with Crippen LogP contribution in [0.15, 0.2) is 0 Å². The minimum Gasteiger partial charge on any atom is -0.412 e. The van der Waals surface area contributed by atoms with Crippen molar-refractivity contribution >= 4 is 0 Å². The van der Waals surface area contributed by atoms with Gasteiger partial charge in [-0.2, -0.15) is 0 Å². The minimum atomic E-state index is -5.94. The van der Waals surface area contributed by atoms with Gasteiger partial charge in [-0.1, -0.05) is 0 Å². The third-order valence-electron chi connectivity index (χ3n) is 0. The Kier molecular flexibility index (Phi) is 11.8. The van der Waals surface area contributed by atoms with Gasteiger partial charge in [-0.3, -0.25) is 13.7 Å². The molecule has 0 radical (unpaired) electrons. The molecule has 0 amide bonds. The first kappa shape index (κ1) is 15.7. The molecule has 40 valence electrons. The number of halogens is 1. The van der Waals surface area contributed by atoms with Crippen LogP contribution in [0.1, 0.15) is 0 Å². The Balaban J connectivity index is -0.0000000800. The number of rotatable bonds is 0. The largest absolute Gasteiger partial charge is 1.00 e. The third-order valence-corrected chi connectivity index (χ3v) is 0. The van der Waals surface area contributed by atoms with Gasteiger partial charge in [0.25, 0.3) is 0 Å². The van der Waals surface area contributed by atoms with E-state index in [4.69, 9.17) is 13.7 Å². The van der Waals surface area contributed by atoms with E-state index >= 15 is 0 Å². The third kappa shape index (κ3) is 147. The van der Waals surface area contributed by atoms with Crippen molar-refractivity contribution < 1.29 is 58.2 Å². The van der Waals surface area contributed by atoms with Crippen LogP contribution in [0.5, 0.6) is 0 Å². The maximum atomic E-state index is 8.62.